The van der Waals surface area contributed by atoms with E-state index in [0.717, 1.165) is 77.2 Å². The minimum absolute atomic E-state index is 0.0358. The van der Waals surface area contributed by atoms with Crippen molar-refractivity contribution in [2.75, 3.05) is 53.6 Å². The molecule has 16 bridgehead atoms. The third-order valence-corrected chi connectivity index (χ3v) is 29.5. The smallest absolute Gasteiger partial charge is 0.459 e. The van der Waals surface area contributed by atoms with Crippen molar-refractivity contribution in [1.82, 2.24) is 0 Å². The van der Waals surface area contributed by atoms with Gasteiger partial charge in [0.2, 0.25) is 0 Å². The zero-order valence-corrected chi connectivity index (χ0v) is 89.9. The second-order valence-corrected chi connectivity index (χ2v) is 50.8. The molecule has 16 fully saturated rings. The van der Waals surface area contributed by atoms with Gasteiger partial charge in [-0.3, -0.25) is 19.2 Å². The largest absolute Gasteiger partial charge is 0.509 e. The van der Waals surface area contributed by atoms with Crippen LogP contribution in [0, 0.1) is 39.4 Å². The Labute approximate surface area is 818 Å². The van der Waals surface area contributed by atoms with Gasteiger partial charge < -0.3 is 104 Å². The van der Waals surface area contributed by atoms with E-state index in [1.165, 1.54) is 6.42 Å². The highest BCUT2D eigenvalue weighted by Gasteiger charge is 2.77. The second-order valence-electron chi connectivity index (χ2n) is 50.8. The third-order valence-electron chi connectivity index (χ3n) is 29.5. The Bertz CT molecular complexity index is 3860. The van der Waals surface area contributed by atoms with Gasteiger partial charge in [-0.15, -0.1) is 0 Å². The van der Waals surface area contributed by atoms with Crippen molar-refractivity contribution >= 4 is 54.7 Å². The van der Waals surface area contributed by atoms with E-state index < -0.39 is 148 Å². The number of hydrogen-bond donors (Lipinski definition) is 0. The summed E-state index contributed by atoms with van der Waals surface area (Å²) in [4.78, 5) is 117. The summed E-state index contributed by atoms with van der Waals surface area (Å²) < 4.78 is 131. The molecule has 0 N–H and O–H groups in total. The molecule has 31 heteroatoms. The van der Waals surface area contributed by atoms with E-state index in [0.29, 0.717) is 135 Å². The molecule has 4 unspecified atom stereocenters. The summed E-state index contributed by atoms with van der Waals surface area (Å²) in [7, 11) is 0. The van der Waals surface area contributed by atoms with Crippen molar-refractivity contribution in [1.29, 1.82) is 0 Å². The maximum Gasteiger partial charge on any atom is 0.509 e. The quantitative estimate of drug-likeness (QED) is 0.0240. The normalized spacial score (nSPS) is 32.9. The zero-order chi connectivity index (χ0) is 102. The first-order chi connectivity index (χ1) is 63.0. The summed E-state index contributed by atoms with van der Waals surface area (Å²) >= 11 is 0. The SMILES string of the molecule is CCC(C)(C)C(=O)OC12CC3(OC(=O)OC(C)(C)C)CC(OC(=O)OC(C)(C)C)(CC(OC(=O)OC(C)(C)C)(C3)C1)C2.CCC(C)(C)C(=O)OC12CC3CC(OC(=O)OC(C)(C)C)(CC(OC(=O)OC(C)(C)C)(C3)C1)C2.CCCCOCOC12CC3CC(C1)CC(OC(=O)C(C)(C)CC)(C3)C2.CCCOCOC12CC3(OCOCCC)CC(OCOCCC)(C1)CC(OC(=O)C(C)(C)CC)(C2)C3. The fourth-order valence-corrected chi connectivity index (χ4v) is 24.2. The first kappa shape index (κ1) is 114. The van der Waals surface area contributed by atoms with Crippen molar-refractivity contribution in [3.05, 3.63) is 0 Å². The molecule has 16 aliphatic rings. The zero-order valence-electron chi connectivity index (χ0n) is 89.9. The predicted octanol–water partition coefficient (Wildman–Crippen LogP) is 23.6. The van der Waals surface area contributed by atoms with Gasteiger partial charge in [0.15, 0.2) is 0 Å². The van der Waals surface area contributed by atoms with Gasteiger partial charge in [-0.1, -0.05) is 61.8 Å². The van der Waals surface area contributed by atoms with E-state index in [1.807, 2.05) is 62.3 Å². The standard InChI is InChI=1S/C31H50O11.C28H50O8.C26H42O8.C21H36O4/c1-13-27(11,12)20(32)36-28-14-29(40-21(33)37-24(2,3)4)17-30(15-28,41-22(34)38-25(5,6)7)19-31(16-28,18-29)42-23(35)39-26(8,9)10;1-7-11-30-20-33-25-14-26(34-21-31-12-8-2)16-27(15-25,35-22-32-13-9-3)19-28(17-25,18-26)36-23(29)24(5,6)10-4;1-10-23(8,9)18(27)30-24-11-17-12-25(14-24,33-19(28)31-21(2,3)4)16-26(13-17,15-24)34-20(29)32-22(5,6)7;1-5-7-8-23-15-24-20-10-16-9-17(11-20)13-21(12-16,14-20)25-18(22)19(3,4)6-2/h13-19H2,1-12H3;7-22H2,1-6H3;17H,10-16H2,1-9H3;16-17H,5-15H2,1-4H3. The molecule has 0 aromatic rings. The Balaban J connectivity index is 0.000000207. The van der Waals surface area contributed by atoms with Crippen LogP contribution in [-0.2, 0) is 123 Å². The van der Waals surface area contributed by atoms with Gasteiger partial charge in [0.05, 0.1) is 44.1 Å². The van der Waals surface area contributed by atoms with Gasteiger partial charge in [-0.2, -0.15) is 0 Å². The molecule has 137 heavy (non-hydrogen) atoms. The van der Waals surface area contributed by atoms with Gasteiger partial charge in [0.1, 0.15) is 106 Å². The van der Waals surface area contributed by atoms with Crippen molar-refractivity contribution < 1.29 is 147 Å². The van der Waals surface area contributed by atoms with Crippen molar-refractivity contribution in [2.24, 2.45) is 39.4 Å². The van der Waals surface area contributed by atoms with E-state index in [4.69, 9.17) is 104 Å². The van der Waals surface area contributed by atoms with Crippen LogP contribution in [-0.4, -0.2) is 209 Å². The first-order valence-corrected chi connectivity index (χ1v) is 51.4. The molecule has 0 radical (unpaired) electrons. The van der Waals surface area contributed by atoms with Crippen molar-refractivity contribution in [3.8, 4) is 0 Å². The van der Waals surface area contributed by atoms with Crippen LogP contribution in [0.15, 0.2) is 0 Å². The van der Waals surface area contributed by atoms with E-state index >= 15 is 0 Å². The Hall–Kier alpha value is -6.09. The molecule has 0 saturated heterocycles. The summed E-state index contributed by atoms with van der Waals surface area (Å²) in [6.07, 6.45) is 17.2. The summed E-state index contributed by atoms with van der Waals surface area (Å²) in [6.45, 7) is 61.1. The molecular formula is C106H178O31. The average Bonchev–Trinajstić information content (AvgIpc) is 0.694. The molecule has 16 rings (SSSR count). The van der Waals surface area contributed by atoms with E-state index in [1.54, 1.807) is 118 Å². The maximum atomic E-state index is 13.5. The van der Waals surface area contributed by atoms with Gasteiger partial charge >= 0.3 is 54.7 Å². The lowest BCUT2D eigenvalue weighted by Crippen LogP contribution is -2.75. The van der Waals surface area contributed by atoms with Gasteiger partial charge in [-0.25, -0.2) is 24.0 Å². The number of esters is 4. The third kappa shape index (κ3) is 30.5. The average molecular weight is 1950 g/mol. The van der Waals surface area contributed by atoms with Crippen molar-refractivity contribution in [3.63, 3.8) is 0 Å². The highest BCUT2D eigenvalue weighted by atomic mass is 16.8. The maximum absolute atomic E-state index is 13.5. The van der Waals surface area contributed by atoms with Crippen LogP contribution < -0.4 is 0 Å². The Morgan fingerprint density at radius 2 is 0.409 bits per heavy atom. The minimum atomic E-state index is -1.35. The molecule has 0 aromatic heterocycles. The molecule has 788 valence electrons. The van der Waals surface area contributed by atoms with Crippen LogP contribution in [0.5, 0.6) is 0 Å². The molecule has 0 heterocycles. The van der Waals surface area contributed by atoms with E-state index in [9.17, 15) is 43.2 Å². The lowest BCUT2D eigenvalue weighted by atomic mass is 9.48. The Morgan fingerprint density at radius 3 is 0.664 bits per heavy atom. The van der Waals surface area contributed by atoms with Crippen LogP contribution in [0.25, 0.3) is 0 Å². The first-order valence-electron chi connectivity index (χ1n) is 51.4. The summed E-state index contributed by atoms with van der Waals surface area (Å²) in [6, 6.07) is 0. The van der Waals surface area contributed by atoms with Crippen LogP contribution in [0.4, 0.5) is 24.0 Å². The monoisotopic (exact) mass is 1950 g/mol. The lowest BCUT2D eigenvalue weighted by molar-refractivity contribution is -0.353. The molecule has 0 amide bonds. The number of carbonyl (C=O) groups is 9. The number of hydrogen-bond acceptors (Lipinski definition) is 31. The van der Waals surface area contributed by atoms with E-state index in [2.05, 4.69) is 34.6 Å². The Kier molecular flexibility index (Phi) is 35.7. The lowest BCUT2D eigenvalue weighted by Gasteiger charge is -2.68. The summed E-state index contributed by atoms with van der Waals surface area (Å²) in [5.41, 5.74) is -17.4. The number of ether oxygens (including phenoxy) is 22. The summed E-state index contributed by atoms with van der Waals surface area (Å²) in [5.74, 6) is 0.365. The van der Waals surface area contributed by atoms with Gasteiger partial charge in [-0.05, 0) is 280 Å². The minimum Gasteiger partial charge on any atom is -0.459 e. The van der Waals surface area contributed by atoms with E-state index in [-0.39, 0.29) is 93.9 Å². The van der Waals surface area contributed by atoms with Crippen LogP contribution in [0.3, 0.4) is 0 Å². The number of unbranched alkanes of at least 4 members (excludes halogenated alkanes) is 1. The van der Waals surface area contributed by atoms with Crippen LogP contribution in [0.2, 0.25) is 0 Å². The molecule has 16 aliphatic carbocycles. The number of carbonyl (C=O) groups excluding carboxylic acids is 9. The molecule has 31 nitrogen and oxygen atoms in total. The Morgan fingerprint density at radius 1 is 0.219 bits per heavy atom. The highest BCUT2D eigenvalue weighted by Crippen LogP contribution is 2.70. The fourth-order valence-electron chi connectivity index (χ4n) is 24.2. The fraction of sp³-hybridized carbons (Fsp3) is 0.915. The number of rotatable bonds is 38. The highest BCUT2D eigenvalue weighted by molar-refractivity contribution is 5.78. The van der Waals surface area contributed by atoms with Gasteiger partial charge in [0.25, 0.3) is 0 Å². The molecule has 0 aliphatic heterocycles. The molecule has 0 aromatic carbocycles. The second kappa shape index (κ2) is 42.7. The van der Waals surface area contributed by atoms with Crippen LogP contribution in [0.1, 0.15) is 427 Å². The van der Waals surface area contributed by atoms with Gasteiger partial charge in [0, 0.05) is 129 Å². The summed E-state index contributed by atoms with van der Waals surface area (Å²) in [5, 5.41) is 0. The predicted molar refractivity (Wildman–Crippen MR) is 507 cm³/mol. The van der Waals surface area contributed by atoms with Crippen LogP contribution >= 0.6 is 0 Å². The molecule has 16 saturated carbocycles. The van der Waals surface area contributed by atoms with Crippen molar-refractivity contribution in [2.45, 2.75) is 527 Å². The topological polar surface area (TPSA) is 357 Å². The molecule has 4 atom stereocenters. The molecule has 0 spiro atoms. The molecular weight excluding hydrogens is 1770 g/mol.